The van der Waals surface area contributed by atoms with E-state index in [-0.39, 0.29) is 5.56 Å². The lowest BCUT2D eigenvalue weighted by Crippen LogP contribution is -2.40. The van der Waals surface area contributed by atoms with E-state index in [0.29, 0.717) is 35.8 Å². The van der Waals surface area contributed by atoms with Crippen molar-refractivity contribution in [1.82, 2.24) is 13.9 Å². The highest BCUT2D eigenvalue weighted by Gasteiger charge is 2.23. The van der Waals surface area contributed by atoms with Crippen LogP contribution in [-0.4, -0.2) is 44.7 Å². The predicted octanol–water partition coefficient (Wildman–Crippen LogP) is 3.75. The van der Waals surface area contributed by atoms with E-state index in [0.717, 1.165) is 43.4 Å². The number of aryl methyl sites for hydroxylation is 1. The molecule has 0 unspecified atom stereocenters. The van der Waals surface area contributed by atoms with Crippen LogP contribution >= 0.6 is 0 Å². The van der Waals surface area contributed by atoms with Crippen LogP contribution in [0, 0.1) is 24.2 Å². The summed E-state index contributed by atoms with van der Waals surface area (Å²) in [5.41, 5.74) is 4.54. The Balaban J connectivity index is 1.34. The van der Waals surface area contributed by atoms with Crippen molar-refractivity contribution in [3.63, 3.8) is 0 Å². The third-order valence-corrected chi connectivity index (χ3v) is 7.11. The molecule has 0 saturated carbocycles. The molecule has 5 rings (SSSR count). The van der Waals surface area contributed by atoms with Gasteiger partial charge in [0.2, 0.25) is 0 Å². The first-order valence-corrected chi connectivity index (χ1v) is 12.0. The van der Waals surface area contributed by atoms with Crippen LogP contribution in [0.1, 0.15) is 29.5 Å². The molecule has 4 aromatic rings. The molecule has 6 nitrogen and oxygen atoms in total. The van der Waals surface area contributed by atoms with Crippen LogP contribution in [0.15, 0.2) is 65.5 Å². The van der Waals surface area contributed by atoms with Gasteiger partial charge in [0.1, 0.15) is 11.7 Å². The minimum Gasteiger partial charge on any atom is -0.390 e. The van der Waals surface area contributed by atoms with E-state index in [9.17, 15) is 15.2 Å². The fraction of sp³-hybridized carbons (Fsp3) is 0.357. The Hall–Kier alpha value is -3.40. The maximum absolute atomic E-state index is 12.8. The zero-order valence-electron chi connectivity index (χ0n) is 19.5. The molecule has 1 aliphatic heterocycles. The van der Waals surface area contributed by atoms with Crippen LogP contribution < -0.4 is 5.56 Å². The molecule has 0 bridgehead atoms. The monoisotopic (exact) mass is 454 g/mol. The Kier molecular flexibility index (Phi) is 6.23. The maximum Gasteiger partial charge on any atom is 0.257 e. The topological polar surface area (TPSA) is 73.7 Å². The normalized spacial score (nSPS) is 16.1. The smallest absolute Gasteiger partial charge is 0.257 e. The average Bonchev–Trinajstić information content (AvgIpc) is 3.16. The van der Waals surface area contributed by atoms with Crippen molar-refractivity contribution in [2.45, 2.75) is 38.8 Å². The van der Waals surface area contributed by atoms with E-state index in [1.165, 1.54) is 11.6 Å². The number of aliphatic hydroxyl groups is 1. The number of rotatable bonds is 6. The van der Waals surface area contributed by atoms with Crippen molar-refractivity contribution in [2.75, 3.05) is 19.6 Å². The largest absolute Gasteiger partial charge is 0.390 e. The molecule has 0 spiro atoms. The summed E-state index contributed by atoms with van der Waals surface area (Å²) >= 11 is 0. The first-order valence-electron chi connectivity index (χ1n) is 12.0. The fourth-order valence-electron chi connectivity index (χ4n) is 5.41. The Morgan fingerprint density at radius 2 is 1.71 bits per heavy atom. The molecule has 1 atom stereocenters. The van der Waals surface area contributed by atoms with Crippen molar-refractivity contribution < 1.29 is 5.11 Å². The van der Waals surface area contributed by atoms with E-state index >= 15 is 0 Å². The Bertz CT molecular complexity index is 1410. The van der Waals surface area contributed by atoms with E-state index < -0.39 is 6.10 Å². The SMILES string of the molecule is Cc1cc(=O)n2c3ccccc3n(C[C@H](O)CN3CCC(Cc4ccccc4)CC3)c2c1C#N. The quantitative estimate of drug-likeness (QED) is 0.482. The molecule has 34 heavy (non-hydrogen) atoms. The second kappa shape index (κ2) is 9.46. The lowest BCUT2D eigenvalue weighted by atomic mass is 9.90. The number of pyridine rings is 1. The second-order valence-corrected chi connectivity index (χ2v) is 9.50. The number of fused-ring (bicyclic) bond motifs is 3. The van der Waals surface area contributed by atoms with Crippen molar-refractivity contribution >= 4 is 16.7 Å². The molecule has 2 aromatic heterocycles. The summed E-state index contributed by atoms with van der Waals surface area (Å²) in [5.74, 6) is 0.682. The lowest BCUT2D eigenvalue weighted by molar-refractivity contribution is 0.0796. The van der Waals surface area contributed by atoms with E-state index in [1.807, 2.05) is 28.8 Å². The second-order valence-electron chi connectivity index (χ2n) is 9.50. The first-order chi connectivity index (χ1) is 16.5. The van der Waals surface area contributed by atoms with Crippen LogP contribution in [0.3, 0.4) is 0 Å². The van der Waals surface area contributed by atoms with Gasteiger partial charge < -0.3 is 14.6 Å². The molecule has 0 aliphatic carbocycles. The number of aromatic nitrogens is 2. The van der Waals surface area contributed by atoms with Crippen LogP contribution in [0.2, 0.25) is 0 Å². The number of imidazole rings is 1. The highest BCUT2D eigenvalue weighted by atomic mass is 16.3. The van der Waals surface area contributed by atoms with E-state index in [4.69, 9.17) is 0 Å². The molecular formula is C28H30N4O2. The molecular weight excluding hydrogens is 424 g/mol. The third-order valence-electron chi connectivity index (χ3n) is 7.11. The maximum atomic E-state index is 12.8. The van der Waals surface area contributed by atoms with Gasteiger partial charge in [-0.25, -0.2) is 0 Å². The number of nitriles is 1. The number of likely N-dealkylation sites (tertiary alicyclic amines) is 1. The summed E-state index contributed by atoms with van der Waals surface area (Å²) < 4.78 is 3.54. The summed E-state index contributed by atoms with van der Waals surface area (Å²) in [6.45, 7) is 4.65. The zero-order valence-corrected chi connectivity index (χ0v) is 19.5. The van der Waals surface area contributed by atoms with Gasteiger partial charge in [-0.1, -0.05) is 42.5 Å². The van der Waals surface area contributed by atoms with Gasteiger partial charge in [0, 0.05) is 12.6 Å². The van der Waals surface area contributed by atoms with Crippen molar-refractivity contribution in [3.8, 4) is 6.07 Å². The number of hydrogen-bond donors (Lipinski definition) is 1. The molecule has 0 radical (unpaired) electrons. The van der Waals surface area contributed by atoms with Crippen molar-refractivity contribution in [1.29, 1.82) is 5.26 Å². The molecule has 1 saturated heterocycles. The summed E-state index contributed by atoms with van der Waals surface area (Å²) in [6.07, 6.45) is 2.77. The average molecular weight is 455 g/mol. The Morgan fingerprint density at radius 1 is 1.03 bits per heavy atom. The number of aliphatic hydroxyl groups excluding tert-OH is 1. The number of piperidine rings is 1. The lowest BCUT2D eigenvalue weighted by Gasteiger charge is -2.33. The van der Waals surface area contributed by atoms with Crippen LogP contribution in [0.4, 0.5) is 0 Å². The summed E-state index contributed by atoms with van der Waals surface area (Å²) in [4.78, 5) is 15.2. The molecule has 6 heteroatoms. The zero-order chi connectivity index (χ0) is 23.7. The minimum absolute atomic E-state index is 0.156. The Morgan fingerprint density at radius 3 is 2.41 bits per heavy atom. The van der Waals surface area contributed by atoms with Gasteiger partial charge in [0.25, 0.3) is 5.56 Å². The van der Waals surface area contributed by atoms with Crippen LogP contribution in [-0.2, 0) is 13.0 Å². The Labute approximate surface area is 199 Å². The van der Waals surface area contributed by atoms with Crippen LogP contribution in [0.25, 0.3) is 16.7 Å². The molecule has 2 aromatic carbocycles. The van der Waals surface area contributed by atoms with Crippen molar-refractivity contribution in [2.24, 2.45) is 5.92 Å². The van der Waals surface area contributed by atoms with Gasteiger partial charge in [0.05, 0.1) is 29.2 Å². The number of benzene rings is 2. The van der Waals surface area contributed by atoms with E-state index in [2.05, 4.69) is 41.3 Å². The highest BCUT2D eigenvalue weighted by Crippen LogP contribution is 2.25. The van der Waals surface area contributed by atoms with Gasteiger partial charge in [0.15, 0.2) is 0 Å². The third kappa shape index (κ3) is 4.25. The van der Waals surface area contributed by atoms with Gasteiger partial charge in [-0.3, -0.25) is 9.20 Å². The molecule has 3 heterocycles. The fourth-order valence-corrected chi connectivity index (χ4v) is 5.41. The number of β-amino-alcohol motifs (C(OH)–C–C–N with tert-alkyl or cyclic N) is 1. The minimum atomic E-state index is -0.604. The van der Waals surface area contributed by atoms with Crippen molar-refractivity contribution in [3.05, 3.63) is 87.7 Å². The summed E-state index contributed by atoms with van der Waals surface area (Å²) in [5, 5.41) is 20.9. The molecule has 0 amide bonds. The van der Waals surface area contributed by atoms with Gasteiger partial charge in [-0.15, -0.1) is 0 Å². The molecule has 174 valence electrons. The standard InChI is InChI=1S/C28H30N4O2/c1-20-15-27(34)32-26-10-6-5-9-25(26)31(28(32)24(20)17-29)19-23(33)18-30-13-11-22(12-14-30)16-21-7-3-2-4-8-21/h2-10,15,22-23,33H,11-14,16,18-19H2,1H3/t23-/m1/s1. The predicted molar refractivity (Wildman–Crippen MR) is 134 cm³/mol. The summed E-state index contributed by atoms with van der Waals surface area (Å²) in [6, 6.07) is 22.1. The number of para-hydroxylation sites is 2. The van der Waals surface area contributed by atoms with Crippen LogP contribution in [0.5, 0.6) is 0 Å². The summed E-state index contributed by atoms with van der Waals surface area (Å²) in [7, 11) is 0. The highest BCUT2D eigenvalue weighted by molar-refractivity contribution is 5.84. The van der Waals surface area contributed by atoms with Gasteiger partial charge in [-0.05, 0) is 68.5 Å². The van der Waals surface area contributed by atoms with Gasteiger partial charge in [-0.2, -0.15) is 5.26 Å². The number of nitrogens with zero attached hydrogens (tertiary/aromatic N) is 4. The number of hydrogen-bond acceptors (Lipinski definition) is 4. The molecule has 1 fully saturated rings. The van der Waals surface area contributed by atoms with E-state index in [1.54, 1.807) is 11.3 Å². The molecule has 1 N–H and O–H groups in total. The molecule has 1 aliphatic rings. The first kappa shape index (κ1) is 22.4. The van der Waals surface area contributed by atoms with Gasteiger partial charge >= 0.3 is 0 Å².